The van der Waals surface area contributed by atoms with E-state index in [1.54, 1.807) is 23.6 Å². The number of thiophene rings is 1. The van der Waals surface area contributed by atoms with Crippen LogP contribution in [0.5, 0.6) is 11.5 Å². The molecule has 0 spiro atoms. The van der Waals surface area contributed by atoms with Gasteiger partial charge in [0, 0.05) is 23.5 Å². The fourth-order valence-corrected chi connectivity index (χ4v) is 4.69. The first-order valence-electron chi connectivity index (χ1n) is 9.03. The molecule has 2 atom stereocenters. The van der Waals surface area contributed by atoms with Crippen molar-refractivity contribution >= 4 is 28.8 Å². The summed E-state index contributed by atoms with van der Waals surface area (Å²) in [4.78, 5) is 27.4. The molecule has 1 saturated heterocycles. The van der Waals surface area contributed by atoms with Gasteiger partial charge in [-0.3, -0.25) is 9.59 Å². The van der Waals surface area contributed by atoms with Gasteiger partial charge in [-0.1, -0.05) is 6.42 Å². The second kappa shape index (κ2) is 7.23. The van der Waals surface area contributed by atoms with Gasteiger partial charge in [0.15, 0.2) is 11.5 Å². The van der Waals surface area contributed by atoms with Gasteiger partial charge in [-0.15, -0.1) is 0 Å². The van der Waals surface area contributed by atoms with Crippen LogP contribution in [0.15, 0.2) is 29.0 Å². The molecule has 6 nitrogen and oxygen atoms in total. The van der Waals surface area contributed by atoms with Crippen molar-refractivity contribution < 1.29 is 19.1 Å². The Bertz CT molecular complexity index is 865. The van der Waals surface area contributed by atoms with E-state index in [2.05, 4.69) is 5.32 Å². The molecule has 27 heavy (non-hydrogen) atoms. The first-order valence-corrected chi connectivity index (χ1v) is 9.97. The van der Waals surface area contributed by atoms with E-state index in [-0.39, 0.29) is 11.8 Å². The zero-order chi connectivity index (χ0) is 19.0. The smallest absolute Gasteiger partial charge is 0.256 e. The number of hydrogen-bond acceptors (Lipinski definition) is 5. The van der Waals surface area contributed by atoms with Gasteiger partial charge in [0.05, 0.1) is 25.5 Å². The minimum Gasteiger partial charge on any atom is -0.493 e. The molecule has 0 unspecified atom stereocenters. The molecule has 7 heteroatoms. The van der Waals surface area contributed by atoms with Crippen molar-refractivity contribution in [2.45, 2.75) is 25.3 Å². The standard InChI is InChI=1S/C20H22N2O4S/c1-25-17-9-14(20(24)22-10-12-4-3-5-16(12)22)8-15(18(17)26-2)21-19(23)13-6-7-27-11-13/h6-9,11-12,16H,3-5,10H2,1-2H3,(H,21,23)/t12-,16-/m0/s1. The second-order valence-electron chi connectivity index (χ2n) is 6.94. The summed E-state index contributed by atoms with van der Waals surface area (Å²) in [5, 5.41) is 6.46. The SMILES string of the molecule is COc1cc(C(=O)N2C[C@@H]3CCC[C@@H]32)cc(NC(=O)c2ccsc2)c1OC. The van der Waals surface area contributed by atoms with Gasteiger partial charge in [-0.05, 0) is 42.3 Å². The largest absolute Gasteiger partial charge is 0.493 e. The summed E-state index contributed by atoms with van der Waals surface area (Å²) in [6, 6.07) is 5.47. The van der Waals surface area contributed by atoms with Gasteiger partial charge >= 0.3 is 0 Å². The lowest BCUT2D eigenvalue weighted by Gasteiger charge is -2.44. The number of methoxy groups -OCH3 is 2. The first-order chi connectivity index (χ1) is 13.1. The number of benzene rings is 1. The Labute approximate surface area is 162 Å². The maximum atomic E-state index is 13.0. The molecule has 1 aromatic carbocycles. The molecule has 2 aliphatic rings. The van der Waals surface area contributed by atoms with E-state index in [0.717, 1.165) is 13.0 Å². The molecular weight excluding hydrogens is 364 g/mol. The Balaban J connectivity index is 1.64. The van der Waals surface area contributed by atoms with Crippen molar-refractivity contribution in [3.8, 4) is 11.5 Å². The summed E-state index contributed by atoms with van der Waals surface area (Å²) in [5.74, 6) is 1.20. The van der Waals surface area contributed by atoms with E-state index in [9.17, 15) is 9.59 Å². The highest BCUT2D eigenvalue weighted by Crippen LogP contribution is 2.42. The average Bonchev–Trinajstić information content (AvgIpc) is 3.31. The fraction of sp³-hybridized carbons (Fsp3) is 0.400. The molecule has 4 rings (SSSR count). The number of carbonyl (C=O) groups is 2. The average molecular weight is 386 g/mol. The van der Waals surface area contributed by atoms with Crippen LogP contribution in [0.25, 0.3) is 0 Å². The van der Waals surface area contributed by atoms with Gasteiger partial charge in [-0.25, -0.2) is 0 Å². The number of nitrogens with one attached hydrogen (secondary N) is 1. The normalized spacial score (nSPS) is 20.6. The van der Waals surface area contributed by atoms with Crippen LogP contribution in [0.4, 0.5) is 5.69 Å². The zero-order valence-corrected chi connectivity index (χ0v) is 16.2. The lowest BCUT2D eigenvalue weighted by Crippen LogP contribution is -2.55. The molecule has 0 radical (unpaired) electrons. The molecule has 142 valence electrons. The Morgan fingerprint density at radius 1 is 1.19 bits per heavy atom. The van der Waals surface area contributed by atoms with Crippen LogP contribution in [0.1, 0.15) is 40.0 Å². The summed E-state index contributed by atoms with van der Waals surface area (Å²) < 4.78 is 10.8. The first kappa shape index (κ1) is 17.9. The monoisotopic (exact) mass is 386 g/mol. The summed E-state index contributed by atoms with van der Waals surface area (Å²) >= 11 is 1.45. The number of rotatable bonds is 5. The van der Waals surface area contributed by atoms with E-state index in [0.29, 0.717) is 40.3 Å². The number of carbonyl (C=O) groups excluding carboxylic acids is 2. The Morgan fingerprint density at radius 3 is 2.70 bits per heavy atom. The molecule has 0 bridgehead atoms. The van der Waals surface area contributed by atoms with E-state index in [1.807, 2.05) is 10.3 Å². The summed E-state index contributed by atoms with van der Waals surface area (Å²) in [7, 11) is 3.03. The van der Waals surface area contributed by atoms with Crippen molar-refractivity contribution in [2.24, 2.45) is 5.92 Å². The third-order valence-electron chi connectivity index (χ3n) is 5.47. The van der Waals surface area contributed by atoms with Crippen LogP contribution in [0.2, 0.25) is 0 Å². The zero-order valence-electron chi connectivity index (χ0n) is 15.4. The fourth-order valence-electron chi connectivity index (χ4n) is 4.06. The van der Waals surface area contributed by atoms with Crippen LogP contribution in [-0.4, -0.2) is 43.5 Å². The number of hydrogen-bond donors (Lipinski definition) is 1. The molecular formula is C20H22N2O4S. The number of amides is 2. The Hall–Kier alpha value is -2.54. The highest BCUT2D eigenvalue weighted by Gasteiger charge is 2.44. The molecule has 1 N–H and O–H groups in total. The number of fused-ring (bicyclic) bond motifs is 1. The van der Waals surface area contributed by atoms with E-state index in [4.69, 9.17) is 9.47 Å². The maximum Gasteiger partial charge on any atom is 0.256 e. The predicted molar refractivity (Wildman–Crippen MR) is 104 cm³/mol. The highest BCUT2D eigenvalue weighted by atomic mass is 32.1. The van der Waals surface area contributed by atoms with Crippen LogP contribution < -0.4 is 14.8 Å². The summed E-state index contributed by atoms with van der Waals surface area (Å²) in [6.07, 6.45) is 3.47. The van der Waals surface area contributed by atoms with E-state index in [1.165, 1.54) is 38.4 Å². The molecule has 1 aliphatic carbocycles. The molecule has 2 amide bonds. The van der Waals surface area contributed by atoms with Gasteiger partial charge in [-0.2, -0.15) is 11.3 Å². The lowest BCUT2D eigenvalue weighted by molar-refractivity contribution is 0.0269. The molecule has 1 aliphatic heterocycles. The second-order valence-corrected chi connectivity index (χ2v) is 7.72. The van der Waals surface area contributed by atoms with Crippen molar-refractivity contribution in [3.63, 3.8) is 0 Å². The minimum atomic E-state index is -0.249. The Morgan fingerprint density at radius 2 is 2.04 bits per heavy atom. The highest BCUT2D eigenvalue weighted by molar-refractivity contribution is 7.08. The van der Waals surface area contributed by atoms with Crippen molar-refractivity contribution in [2.75, 3.05) is 26.1 Å². The van der Waals surface area contributed by atoms with Gasteiger partial charge in [0.25, 0.3) is 11.8 Å². The van der Waals surface area contributed by atoms with Crippen molar-refractivity contribution in [3.05, 3.63) is 40.1 Å². The summed E-state index contributed by atoms with van der Waals surface area (Å²) in [5.41, 5.74) is 1.49. The van der Waals surface area contributed by atoms with Crippen LogP contribution >= 0.6 is 11.3 Å². The van der Waals surface area contributed by atoms with Crippen molar-refractivity contribution in [1.29, 1.82) is 0 Å². The number of likely N-dealkylation sites (tertiary alicyclic amines) is 1. The molecule has 2 aromatic rings. The van der Waals surface area contributed by atoms with Crippen molar-refractivity contribution in [1.82, 2.24) is 4.90 Å². The van der Waals surface area contributed by atoms with E-state index < -0.39 is 0 Å². The topological polar surface area (TPSA) is 67.9 Å². The van der Waals surface area contributed by atoms with Gasteiger partial charge in [0.1, 0.15) is 0 Å². The number of anilines is 1. The third-order valence-corrected chi connectivity index (χ3v) is 6.15. The van der Waals surface area contributed by atoms with Gasteiger partial charge in [0.2, 0.25) is 0 Å². The minimum absolute atomic E-state index is 0.0230. The number of nitrogens with zero attached hydrogens (tertiary/aromatic N) is 1. The molecule has 1 aromatic heterocycles. The van der Waals surface area contributed by atoms with Gasteiger partial charge < -0.3 is 19.7 Å². The van der Waals surface area contributed by atoms with Crippen LogP contribution in [0, 0.1) is 5.92 Å². The molecule has 1 saturated carbocycles. The molecule has 2 heterocycles. The van der Waals surface area contributed by atoms with Crippen LogP contribution in [-0.2, 0) is 0 Å². The lowest BCUT2D eigenvalue weighted by atomic mass is 9.91. The number of ether oxygens (including phenoxy) is 2. The maximum absolute atomic E-state index is 13.0. The Kier molecular flexibility index (Phi) is 4.78. The van der Waals surface area contributed by atoms with Crippen LogP contribution in [0.3, 0.4) is 0 Å². The molecule has 2 fully saturated rings. The third kappa shape index (κ3) is 3.16. The quantitative estimate of drug-likeness (QED) is 0.852. The van der Waals surface area contributed by atoms with E-state index >= 15 is 0 Å². The predicted octanol–water partition coefficient (Wildman–Crippen LogP) is 3.64. The summed E-state index contributed by atoms with van der Waals surface area (Å²) in [6.45, 7) is 0.814.